The third kappa shape index (κ3) is 3.64. The van der Waals surface area contributed by atoms with E-state index in [0.717, 1.165) is 0 Å². The topological polar surface area (TPSA) is 73.6 Å². The molecule has 1 aromatic rings. The Kier molecular flexibility index (Phi) is 4.78. The molecule has 0 aliphatic rings. The van der Waals surface area contributed by atoms with Gasteiger partial charge in [0.05, 0.1) is 30.7 Å². The maximum atomic E-state index is 11.4. The highest BCUT2D eigenvalue weighted by molar-refractivity contribution is 5.91. The molecule has 1 unspecified atom stereocenters. The van der Waals surface area contributed by atoms with Gasteiger partial charge in [-0.3, -0.25) is 0 Å². The van der Waals surface area contributed by atoms with Gasteiger partial charge in [0, 0.05) is 13.2 Å². The number of carbonyl (C=O) groups excluding carboxylic acids is 1. The highest BCUT2D eigenvalue weighted by Crippen LogP contribution is 2.21. The molecule has 3 N–H and O–H groups in total. The van der Waals surface area contributed by atoms with Crippen molar-refractivity contribution >= 4 is 17.3 Å². The van der Waals surface area contributed by atoms with Crippen LogP contribution in [0.4, 0.5) is 11.4 Å². The molecular weight excluding hydrogens is 220 g/mol. The molecule has 1 aromatic carbocycles. The number of esters is 1. The number of benzene rings is 1. The molecule has 17 heavy (non-hydrogen) atoms. The van der Waals surface area contributed by atoms with Crippen molar-refractivity contribution < 1.29 is 14.3 Å². The second-order valence-corrected chi connectivity index (χ2v) is 3.79. The fraction of sp³-hybridized carbons (Fsp3) is 0.417. The Bertz CT molecular complexity index is 393. The Morgan fingerprint density at radius 2 is 2.18 bits per heavy atom. The average Bonchev–Trinajstić information content (AvgIpc) is 2.31. The molecule has 5 heteroatoms. The molecular formula is C12H18N2O3. The summed E-state index contributed by atoms with van der Waals surface area (Å²) >= 11 is 0. The van der Waals surface area contributed by atoms with Crippen molar-refractivity contribution in [2.45, 2.75) is 13.0 Å². The molecule has 0 fully saturated rings. The monoisotopic (exact) mass is 238 g/mol. The first-order valence-corrected chi connectivity index (χ1v) is 5.31. The predicted octanol–water partition coefficient (Wildman–Crippen LogP) is 1.50. The van der Waals surface area contributed by atoms with Gasteiger partial charge in [0.1, 0.15) is 0 Å². The summed E-state index contributed by atoms with van der Waals surface area (Å²) in [4.78, 5) is 11.4. The number of nitrogens with one attached hydrogen (secondary N) is 1. The van der Waals surface area contributed by atoms with Crippen molar-refractivity contribution in [1.29, 1.82) is 0 Å². The van der Waals surface area contributed by atoms with Crippen LogP contribution in [0.15, 0.2) is 18.2 Å². The smallest absolute Gasteiger partial charge is 0.337 e. The van der Waals surface area contributed by atoms with Crippen LogP contribution >= 0.6 is 0 Å². The van der Waals surface area contributed by atoms with Gasteiger partial charge in [0.15, 0.2) is 0 Å². The minimum atomic E-state index is -0.382. The van der Waals surface area contributed by atoms with E-state index in [4.69, 9.17) is 10.5 Å². The van der Waals surface area contributed by atoms with Crippen molar-refractivity contribution in [3.63, 3.8) is 0 Å². The van der Waals surface area contributed by atoms with Gasteiger partial charge in [-0.25, -0.2) is 4.79 Å². The maximum absolute atomic E-state index is 11.4. The number of methoxy groups -OCH3 is 2. The molecule has 94 valence electrons. The zero-order chi connectivity index (χ0) is 12.8. The van der Waals surface area contributed by atoms with Crippen molar-refractivity contribution in [3.05, 3.63) is 23.8 Å². The fourth-order valence-electron chi connectivity index (χ4n) is 1.48. The van der Waals surface area contributed by atoms with E-state index in [0.29, 0.717) is 23.5 Å². The Balaban J connectivity index is 2.86. The number of rotatable bonds is 5. The van der Waals surface area contributed by atoms with Gasteiger partial charge in [0.25, 0.3) is 0 Å². The number of ether oxygens (including phenoxy) is 2. The average molecular weight is 238 g/mol. The van der Waals surface area contributed by atoms with Crippen LogP contribution in [0.2, 0.25) is 0 Å². The molecule has 0 amide bonds. The lowest BCUT2D eigenvalue weighted by atomic mass is 10.1. The van der Waals surface area contributed by atoms with Gasteiger partial charge < -0.3 is 20.5 Å². The van der Waals surface area contributed by atoms with Gasteiger partial charge in [0.2, 0.25) is 0 Å². The second-order valence-electron chi connectivity index (χ2n) is 3.79. The van der Waals surface area contributed by atoms with Crippen LogP contribution in [-0.4, -0.2) is 32.8 Å². The zero-order valence-corrected chi connectivity index (χ0v) is 10.3. The zero-order valence-electron chi connectivity index (χ0n) is 10.3. The third-order valence-corrected chi connectivity index (χ3v) is 2.29. The van der Waals surface area contributed by atoms with Crippen molar-refractivity contribution in [3.8, 4) is 0 Å². The summed E-state index contributed by atoms with van der Waals surface area (Å²) in [6.45, 7) is 2.52. The molecule has 0 bridgehead atoms. The van der Waals surface area contributed by atoms with E-state index in [9.17, 15) is 4.79 Å². The first-order valence-electron chi connectivity index (χ1n) is 5.31. The Morgan fingerprint density at radius 3 is 2.76 bits per heavy atom. The van der Waals surface area contributed by atoms with Crippen LogP contribution in [0.3, 0.4) is 0 Å². The predicted molar refractivity (Wildman–Crippen MR) is 67.2 cm³/mol. The van der Waals surface area contributed by atoms with Crippen LogP contribution in [-0.2, 0) is 9.47 Å². The maximum Gasteiger partial charge on any atom is 0.337 e. The van der Waals surface area contributed by atoms with Crippen LogP contribution in [0.5, 0.6) is 0 Å². The molecule has 5 nitrogen and oxygen atoms in total. The minimum Gasteiger partial charge on any atom is -0.465 e. The van der Waals surface area contributed by atoms with Gasteiger partial charge in [-0.15, -0.1) is 0 Å². The SMILES string of the molecule is COCC(C)Nc1cc(C(=O)OC)ccc1N. The van der Waals surface area contributed by atoms with Crippen LogP contribution < -0.4 is 11.1 Å². The third-order valence-electron chi connectivity index (χ3n) is 2.29. The van der Waals surface area contributed by atoms with E-state index in [1.165, 1.54) is 7.11 Å². The highest BCUT2D eigenvalue weighted by Gasteiger charge is 2.10. The molecule has 1 atom stereocenters. The molecule has 0 saturated carbocycles. The Labute approximate surface area is 101 Å². The summed E-state index contributed by atoms with van der Waals surface area (Å²) in [5.74, 6) is -0.382. The van der Waals surface area contributed by atoms with Gasteiger partial charge in [-0.05, 0) is 25.1 Å². The number of carbonyl (C=O) groups is 1. The lowest BCUT2D eigenvalue weighted by molar-refractivity contribution is 0.0601. The van der Waals surface area contributed by atoms with Crippen LogP contribution in [0.25, 0.3) is 0 Å². The lowest BCUT2D eigenvalue weighted by Crippen LogP contribution is -2.21. The highest BCUT2D eigenvalue weighted by atomic mass is 16.5. The Morgan fingerprint density at radius 1 is 1.47 bits per heavy atom. The standard InChI is InChI=1S/C12H18N2O3/c1-8(7-16-2)14-11-6-9(12(15)17-3)4-5-10(11)13/h4-6,8,14H,7,13H2,1-3H3. The quantitative estimate of drug-likeness (QED) is 0.600. The molecule has 0 aliphatic heterocycles. The summed E-state index contributed by atoms with van der Waals surface area (Å²) in [5.41, 5.74) is 7.58. The molecule has 0 spiro atoms. The van der Waals surface area contributed by atoms with Crippen LogP contribution in [0, 0.1) is 0 Å². The minimum absolute atomic E-state index is 0.107. The summed E-state index contributed by atoms with van der Waals surface area (Å²) in [5, 5.41) is 3.17. The number of nitrogen functional groups attached to an aromatic ring is 1. The van der Waals surface area contributed by atoms with E-state index in [1.807, 2.05) is 6.92 Å². The molecule has 0 aromatic heterocycles. The van der Waals surface area contributed by atoms with E-state index in [2.05, 4.69) is 10.1 Å². The summed E-state index contributed by atoms with van der Waals surface area (Å²) in [7, 11) is 2.98. The molecule has 0 heterocycles. The van der Waals surface area contributed by atoms with Crippen molar-refractivity contribution in [1.82, 2.24) is 0 Å². The van der Waals surface area contributed by atoms with E-state index < -0.39 is 0 Å². The van der Waals surface area contributed by atoms with Gasteiger partial charge in [-0.1, -0.05) is 0 Å². The van der Waals surface area contributed by atoms with Crippen molar-refractivity contribution in [2.75, 3.05) is 31.9 Å². The van der Waals surface area contributed by atoms with E-state index >= 15 is 0 Å². The summed E-state index contributed by atoms with van der Waals surface area (Å²) in [6.07, 6.45) is 0. The first-order chi connectivity index (χ1) is 8.08. The molecule has 0 saturated heterocycles. The molecule has 1 rings (SSSR count). The summed E-state index contributed by atoms with van der Waals surface area (Å²) in [6, 6.07) is 5.09. The number of nitrogens with two attached hydrogens (primary N) is 1. The molecule has 0 aliphatic carbocycles. The van der Waals surface area contributed by atoms with Crippen LogP contribution in [0.1, 0.15) is 17.3 Å². The van der Waals surface area contributed by atoms with E-state index in [1.54, 1.807) is 25.3 Å². The normalized spacial score (nSPS) is 11.9. The van der Waals surface area contributed by atoms with Crippen molar-refractivity contribution in [2.24, 2.45) is 0 Å². The fourth-order valence-corrected chi connectivity index (χ4v) is 1.48. The number of hydrogen-bond donors (Lipinski definition) is 2. The largest absolute Gasteiger partial charge is 0.465 e. The van der Waals surface area contributed by atoms with Gasteiger partial charge in [-0.2, -0.15) is 0 Å². The number of anilines is 2. The molecule has 0 radical (unpaired) electrons. The number of hydrogen-bond acceptors (Lipinski definition) is 5. The second kappa shape index (κ2) is 6.10. The first kappa shape index (κ1) is 13.3. The van der Waals surface area contributed by atoms with E-state index in [-0.39, 0.29) is 12.0 Å². The summed E-state index contributed by atoms with van der Waals surface area (Å²) < 4.78 is 9.67. The lowest BCUT2D eigenvalue weighted by Gasteiger charge is -2.16. The Hall–Kier alpha value is -1.75. The van der Waals surface area contributed by atoms with Gasteiger partial charge >= 0.3 is 5.97 Å².